The molecule has 86 valence electrons. The molecule has 0 aliphatic carbocycles. The molecule has 0 N–H and O–H groups in total. The fraction of sp³-hybridized carbons (Fsp3) is 0.286. The van der Waals surface area contributed by atoms with E-state index in [1.807, 2.05) is 37.5 Å². The van der Waals surface area contributed by atoms with E-state index >= 15 is 0 Å². The molecular formula is C14H14N2O. The summed E-state index contributed by atoms with van der Waals surface area (Å²) in [6.45, 7) is 6.08. The van der Waals surface area contributed by atoms with Gasteiger partial charge in [0.05, 0.1) is 11.6 Å². The average Bonchev–Trinajstić information content (AvgIpc) is 2.24. The molecule has 1 aromatic carbocycles. The highest BCUT2D eigenvalue weighted by atomic mass is 16.1. The summed E-state index contributed by atoms with van der Waals surface area (Å²) in [5.41, 5.74) is 3.84. The van der Waals surface area contributed by atoms with E-state index in [4.69, 9.17) is 5.26 Å². The predicted molar refractivity (Wildman–Crippen MR) is 68.0 cm³/mol. The summed E-state index contributed by atoms with van der Waals surface area (Å²) in [7, 11) is 0. The van der Waals surface area contributed by atoms with Gasteiger partial charge in [0.1, 0.15) is 6.54 Å². The van der Waals surface area contributed by atoms with Gasteiger partial charge < -0.3 is 4.57 Å². The van der Waals surface area contributed by atoms with Crippen molar-refractivity contribution in [1.82, 2.24) is 4.57 Å². The first-order valence-electron chi connectivity index (χ1n) is 5.53. The Hall–Kier alpha value is -2.08. The molecule has 0 aliphatic rings. The number of aromatic nitrogens is 1. The molecular weight excluding hydrogens is 212 g/mol. The van der Waals surface area contributed by atoms with Gasteiger partial charge in [0.15, 0.2) is 5.43 Å². The Balaban J connectivity index is 3.01. The molecule has 17 heavy (non-hydrogen) atoms. The van der Waals surface area contributed by atoms with Crippen LogP contribution in [-0.4, -0.2) is 4.57 Å². The van der Waals surface area contributed by atoms with Crippen molar-refractivity contribution in [1.29, 1.82) is 5.26 Å². The number of hydrogen-bond acceptors (Lipinski definition) is 2. The zero-order valence-corrected chi connectivity index (χ0v) is 10.2. The Morgan fingerprint density at radius 2 is 1.94 bits per heavy atom. The van der Waals surface area contributed by atoms with Crippen molar-refractivity contribution >= 4 is 10.9 Å². The fourth-order valence-electron chi connectivity index (χ4n) is 2.30. The van der Waals surface area contributed by atoms with Crippen LogP contribution in [0.15, 0.2) is 23.0 Å². The van der Waals surface area contributed by atoms with Crippen LogP contribution in [0.25, 0.3) is 10.9 Å². The summed E-state index contributed by atoms with van der Waals surface area (Å²) in [4.78, 5) is 12.0. The van der Waals surface area contributed by atoms with Crippen molar-refractivity contribution < 1.29 is 0 Å². The smallest absolute Gasteiger partial charge is 0.189 e. The topological polar surface area (TPSA) is 45.8 Å². The third-order valence-corrected chi connectivity index (χ3v) is 2.97. The van der Waals surface area contributed by atoms with Crippen molar-refractivity contribution in [2.75, 3.05) is 0 Å². The van der Waals surface area contributed by atoms with E-state index in [0.29, 0.717) is 5.39 Å². The van der Waals surface area contributed by atoms with Gasteiger partial charge in [-0.3, -0.25) is 4.79 Å². The number of hydrogen-bond donors (Lipinski definition) is 0. The molecule has 0 fully saturated rings. The van der Waals surface area contributed by atoms with Crippen molar-refractivity contribution in [3.63, 3.8) is 0 Å². The first-order chi connectivity index (χ1) is 8.04. The maximum atomic E-state index is 12.0. The molecule has 1 heterocycles. The van der Waals surface area contributed by atoms with Gasteiger partial charge in [-0.2, -0.15) is 5.26 Å². The van der Waals surface area contributed by atoms with E-state index in [0.717, 1.165) is 22.3 Å². The van der Waals surface area contributed by atoms with E-state index in [-0.39, 0.29) is 12.0 Å². The summed E-state index contributed by atoms with van der Waals surface area (Å²) >= 11 is 0. The van der Waals surface area contributed by atoms with Crippen LogP contribution in [0, 0.1) is 32.1 Å². The number of fused-ring (bicyclic) bond motifs is 1. The van der Waals surface area contributed by atoms with Crippen molar-refractivity contribution in [2.45, 2.75) is 27.3 Å². The number of rotatable bonds is 1. The van der Waals surface area contributed by atoms with Gasteiger partial charge in [-0.1, -0.05) is 6.07 Å². The second-order valence-electron chi connectivity index (χ2n) is 4.37. The summed E-state index contributed by atoms with van der Waals surface area (Å²) in [6.07, 6.45) is 0. The fourth-order valence-corrected chi connectivity index (χ4v) is 2.30. The van der Waals surface area contributed by atoms with Crippen LogP contribution in [0.5, 0.6) is 0 Å². The van der Waals surface area contributed by atoms with Gasteiger partial charge in [0, 0.05) is 17.1 Å². The molecule has 0 saturated carbocycles. The minimum absolute atomic E-state index is 0.0264. The van der Waals surface area contributed by atoms with Crippen LogP contribution in [0.3, 0.4) is 0 Å². The average molecular weight is 226 g/mol. The Bertz CT molecular complexity index is 690. The molecule has 0 radical (unpaired) electrons. The van der Waals surface area contributed by atoms with E-state index in [1.165, 1.54) is 0 Å². The van der Waals surface area contributed by atoms with Gasteiger partial charge >= 0.3 is 0 Å². The van der Waals surface area contributed by atoms with Crippen LogP contribution >= 0.6 is 0 Å². The summed E-state index contributed by atoms with van der Waals surface area (Å²) in [5.74, 6) is 0. The zero-order chi connectivity index (χ0) is 12.6. The van der Waals surface area contributed by atoms with Crippen LogP contribution in [0.2, 0.25) is 0 Å². The number of aryl methyl sites for hydroxylation is 3. The van der Waals surface area contributed by atoms with Gasteiger partial charge in [-0.15, -0.1) is 0 Å². The minimum atomic E-state index is 0.0264. The van der Waals surface area contributed by atoms with E-state index in [1.54, 1.807) is 6.07 Å². The summed E-state index contributed by atoms with van der Waals surface area (Å²) in [6, 6.07) is 7.66. The van der Waals surface area contributed by atoms with E-state index in [2.05, 4.69) is 6.07 Å². The maximum Gasteiger partial charge on any atom is 0.189 e. The number of benzene rings is 1. The van der Waals surface area contributed by atoms with Crippen LogP contribution in [-0.2, 0) is 6.54 Å². The lowest BCUT2D eigenvalue weighted by Gasteiger charge is -2.14. The zero-order valence-electron chi connectivity index (χ0n) is 10.2. The molecule has 0 amide bonds. The molecule has 0 spiro atoms. The Morgan fingerprint density at radius 1 is 1.24 bits per heavy atom. The summed E-state index contributed by atoms with van der Waals surface area (Å²) in [5, 5.41) is 9.57. The minimum Gasteiger partial charge on any atom is -0.331 e. The second kappa shape index (κ2) is 4.06. The Labute approximate surface area is 99.9 Å². The molecule has 0 atom stereocenters. The van der Waals surface area contributed by atoms with E-state index < -0.39 is 0 Å². The number of nitriles is 1. The first-order valence-corrected chi connectivity index (χ1v) is 5.53. The molecule has 0 saturated heterocycles. The molecule has 0 aliphatic heterocycles. The Kier molecular flexibility index (Phi) is 2.72. The molecule has 0 unspecified atom stereocenters. The van der Waals surface area contributed by atoms with E-state index in [9.17, 15) is 4.79 Å². The highest BCUT2D eigenvalue weighted by molar-refractivity contribution is 5.83. The second-order valence-corrected chi connectivity index (χ2v) is 4.37. The first kappa shape index (κ1) is 11.4. The lowest BCUT2D eigenvalue weighted by Crippen LogP contribution is -2.13. The van der Waals surface area contributed by atoms with Crippen LogP contribution in [0.4, 0.5) is 0 Å². The number of pyridine rings is 1. The maximum absolute atomic E-state index is 12.0. The third kappa shape index (κ3) is 1.83. The quantitative estimate of drug-likeness (QED) is 0.749. The highest BCUT2D eigenvalue weighted by Gasteiger charge is 2.09. The van der Waals surface area contributed by atoms with Gasteiger partial charge in [0.2, 0.25) is 0 Å². The molecule has 3 heteroatoms. The van der Waals surface area contributed by atoms with Crippen LogP contribution < -0.4 is 5.43 Å². The predicted octanol–water partition coefficient (Wildman–Crippen LogP) is 2.45. The van der Waals surface area contributed by atoms with Gasteiger partial charge in [-0.25, -0.2) is 0 Å². The monoisotopic (exact) mass is 226 g/mol. The normalized spacial score (nSPS) is 10.5. The third-order valence-electron chi connectivity index (χ3n) is 2.97. The van der Waals surface area contributed by atoms with Crippen molar-refractivity contribution in [2.24, 2.45) is 0 Å². The Morgan fingerprint density at radius 3 is 2.59 bits per heavy atom. The standard InChI is InChI=1S/C14H14N2O/c1-9-6-10(2)14-12(7-9)13(17)8-11(3)16(14)5-4-15/h6-8H,5H2,1-3H3. The highest BCUT2D eigenvalue weighted by Crippen LogP contribution is 2.19. The van der Waals surface area contributed by atoms with Crippen molar-refractivity contribution in [3.05, 3.63) is 45.2 Å². The van der Waals surface area contributed by atoms with Crippen LogP contribution in [0.1, 0.15) is 16.8 Å². The number of nitrogens with zero attached hydrogens (tertiary/aromatic N) is 2. The lowest BCUT2D eigenvalue weighted by molar-refractivity contribution is 0.820. The lowest BCUT2D eigenvalue weighted by atomic mass is 10.1. The summed E-state index contributed by atoms with van der Waals surface area (Å²) < 4.78 is 1.89. The molecule has 2 aromatic rings. The largest absolute Gasteiger partial charge is 0.331 e. The van der Waals surface area contributed by atoms with Gasteiger partial charge in [0.25, 0.3) is 0 Å². The molecule has 0 bridgehead atoms. The SMILES string of the molecule is Cc1cc(C)c2c(c1)c(=O)cc(C)n2CC#N. The molecule has 1 aromatic heterocycles. The van der Waals surface area contributed by atoms with Crippen molar-refractivity contribution in [3.8, 4) is 6.07 Å². The molecule has 2 rings (SSSR count). The van der Waals surface area contributed by atoms with Gasteiger partial charge in [-0.05, 0) is 38.0 Å². The molecule has 3 nitrogen and oxygen atoms in total.